The Balaban J connectivity index is 2.06. The first kappa shape index (κ1) is 12.8. The lowest BCUT2D eigenvalue weighted by molar-refractivity contribution is -0.0572. The maximum absolute atomic E-state index is 10.4. The average Bonchev–Trinajstić information content (AvgIpc) is 2.29. The largest absolute Gasteiger partial charge is 0.388 e. The third kappa shape index (κ3) is 3.18. The third-order valence-corrected chi connectivity index (χ3v) is 3.73. The zero-order valence-electron chi connectivity index (χ0n) is 9.90. The molecule has 0 aliphatic carbocycles. The Labute approximate surface area is 110 Å². The lowest BCUT2D eigenvalue weighted by atomic mass is 9.94. The average molecular weight is 301 g/mol. The molecule has 0 bridgehead atoms. The van der Waals surface area contributed by atoms with Crippen LogP contribution in [-0.4, -0.2) is 42.5 Å². The van der Waals surface area contributed by atoms with E-state index in [1.165, 1.54) is 0 Å². The Morgan fingerprint density at radius 1 is 1.53 bits per heavy atom. The second kappa shape index (κ2) is 5.33. The predicted molar refractivity (Wildman–Crippen MR) is 70.2 cm³/mol. The summed E-state index contributed by atoms with van der Waals surface area (Å²) < 4.78 is 6.22. The van der Waals surface area contributed by atoms with Crippen LogP contribution in [0.4, 0.5) is 5.69 Å². The van der Waals surface area contributed by atoms with Crippen LogP contribution in [0.25, 0.3) is 0 Å². The van der Waals surface area contributed by atoms with Crippen LogP contribution in [-0.2, 0) is 4.74 Å². The SMILES string of the molecule is CN(CC1(O)CCOCC1)c1ccncc1Br. The number of pyridine rings is 1. The minimum Gasteiger partial charge on any atom is -0.388 e. The van der Waals surface area contributed by atoms with Crippen molar-refractivity contribution in [1.82, 2.24) is 4.98 Å². The van der Waals surface area contributed by atoms with Crippen molar-refractivity contribution in [1.29, 1.82) is 0 Å². The molecule has 1 aliphatic rings. The van der Waals surface area contributed by atoms with E-state index < -0.39 is 5.60 Å². The molecule has 1 fully saturated rings. The first-order valence-electron chi connectivity index (χ1n) is 5.71. The van der Waals surface area contributed by atoms with E-state index in [9.17, 15) is 5.11 Å². The van der Waals surface area contributed by atoms with Gasteiger partial charge in [0.15, 0.2) is 0 Å². The van der Waals surface area contributed by atoms with Crippen molar-refractivity contribution < 1.29 is 9.84 Å². The number of halogens is 1. The summed E-state index contributed by atoms with van der Waals surface area (Å²) in [5, 5.41) is 10.4. The first-order valence-corrected chi connectivity index (χ1v) is 6.51. The molecule has 0 aromatic carbocycles. The molecule has 1 aliphatic heterocycles. The monoisotopic (exact) mass is 300 g/mol. The number of aliphatic hydroxyl groups is 1. The maximum atomic E-state index is 10.4. The highest BCUT2D eigenvalue weighted by atomic mass is 79.9. The van der Waals surface area contributed by atoms with Gasteiger partial charge in [-0.2, -0.15) is 0 Å². The molecule has 5 heteroatoms. The number of anilines is 1. The Morgan fingerprint density at radius 2 is 2.24 bits per heavy atom. The highest BCUT2D eigenvalue weighted by molar-refractivity contribution is 9.10. The van der Waals surface area contributed by atoms with Gasteiger partial charge < -0.3 is 14.7 Å². The number of likely N-dealkylation sites (N-methyl/N-ethyl adjacent to an activating group) is 1. The van der Waals surface area contributed by atoms with Gasteiger partial charge in [-0.3, -0.25) is 4.98 Å². The number of hydrogen-bond donors (Lipinski definition) is 1. The molecule has 1 aromatic heterocycles. The molecule has 2 rings (SSSR count). The maximum Gasteiger partial charge on any atom is 0.0865 e. The number of ether oxygens (including phenoxy) is 1. The molecule has 1 saturated heterocycles. The lowest BCUT2D eigenvalue weighted by Gasteiger charge is -2.36. The number of nitrogens with zero attached hydrogens (tertiary/aromatic N) is 2. The first-order chi connectivity index (χ1) is 8.11. The van der Waals surface area contributed by atoms with E-state index in [1.54, 1.807) is 12.4 Å². The van der Waals surface area contributed by atoms with Crippen molar-refractivity contribution >= 4 is 21.6 Å². The molecule has 0 saturated carbocycles. The third-order valence-electron chi connectivity index (χ3n) is 3.12. The molecule has 0 radical (unpaired) electrons. The van der Waals surface area contributed by atoms with Gasteiger partial charge in [-0.25, -0.2) is 0 Å². The summed E-state index contributed by atoms with van der Waals surface area (Å²) in [5.41, 5.74) is 0.398. The summed E-state index contributed by atoms with van der Waals surface area (Å²) in [6, 6.07) is 1.94. The molecular weight excluding hydrogens is 284 g/mol. The molecule has 4 nitrogen and oxygen atoms in total. The van der Waals surface area contributed by atoms with Crippen LogP contribution in [0, 0.1) is 0 Å². The number of rotatable bonds is 3. The van der Waals surface area contributed by atoms with Crippen LogP contribution in [0.5, 0.6) is 0 Å². The molecule has 0 atom stereocenters. The minimum absolute atomic E-state index is 0.610. The van der Waals surface area contributed by atoms with Crippen LogP contribution in [0.3, 0.4) is 0 Å². The molecule has 0 unspecified atom stereocenters. The van der Waals surface area contributed by atoms with Gasteiger partial charge in [0.2, 0.25) is 0 Å². The zero-order valence-corrected chi connectivity index (χ0v) is 11.5. The van der Waals surface area contributed by atoms with E-state index in [2.05, 4.69) is 25.8 Å². The van der Waals surface area contributed by atoms with Crippen molar-refractivity contribution in [2.24, 2.45) is 0 Å². The summed E-state index contributed by atoms with van der Waals surface area (Å²) in [6.45, 7) is 1.89. The van der Waals surface area contributed by atoms with E-state index in [1.807, 2.05) is 13.1 Å². The van der Waals surface area contributed by atoms with Gasteiger partial charge >= 0.3 is 0 Å². The summed E-state index contributed by atoms with van der Waals surface area (Å²) in [7, 11) is 1.98. The van der Waals surface area contributed by atoms with E-state index >= 15 is 0 Å². The van der Waals surface area contributed by atoms with E-state index in [0.717, 1.165) is 10.2 Å². The fourth-order valence-electron chi connectivity index (χ4n) is 2.11. The van der Waals surface area contributed by atoms with Crippen molar-refractivity contribution in [3.63, 3.8) is 0 Å². The van der Waals surface area contributed by atoms with Gasteiger partial charge in [0.05, 0.1) is 15.8 Å². The highest BCUT2D eigenvalue weighted by Crippen LogP contribution is 2.28. The number of aromatic nitrogens is 1. The highest BCUT2D eigenvalue weighted by Gasteiger charge is 2.31. The van der Waals surface area contributed by atoms with Gasteiger partial charge in [-0.15, -0.1) is 0 Å². The second-order valence-electron chi connectivity index (χ2n) is 4.52. The van der Waals surface area contributed by atoms with E-state index in [-0.39, 0.29) is 0 Å². The molecule has 1 N–H and O–H groups in total. The Bertz CT molecular complexity index is 381. The second-order valence-corrected chi connectivity index (χ2v) is 5.37. The van der Waals surface area contributed by atoms with Gasteiger partial charge in [0.1, 0.15) is 0 Å². The van der Waals surface area contributed by atoms with Gasteiger partial charge in [0.25, 0.3) is 0 Å². The standard InChI is InChI=1S/C12H17BrN2O2/c1-15(11-2-5-14-8-10(11)13)9-12(16)3-6-17-7-4-12/h2,5,8,16H,3-4,6-7,9H2,1H3. The quantitative estimate of drug-likeness (QED) is 0.925. The summed E-state index contributed by atoms with van der Waals surface area (Å²) >= 11 is 3.47. The predicted octanol–water partition coefficient (Wildman–Crippen LogP) is 1.82. The van der Waals surface area contributed by atoms with Crippen molar-refractivity contribution in [2.75, 3.05) is 31.7 Å². The zero-order chi connectivity index (χ0) is 12.3. The van der Waals surface area contributed by atoms with E-state index in [4.69, 9.17) is 4.74 Å². The van der Waals surface area contributed by atoms with Crippen LogP contribution in [0.2, 0.25) is 0 Å². The van der Waals surface area contributed by atoms with E-state index in [0.29, 0.717) is 32.6 Å². The smallest absolute Gasteiger partial charge is 0.0865 e. The molecule has 17 heavy (non-hydrogen) atoms. The summed E-state index contributed by atoms with van der Waals surface area (Å²) in [4.78, 5) is 6.09. The molecule has 94 valence electrons. The van der Waals surface area contributed by atoms with Crippen molar-refractivity contribution in [3.05, 3.63) is 22.9 Å². The molecule has 2 heterocycles. The van der Waals surface area contributed by atoms with Gasteiger partial charge in [0, 0.05) is 52.0 Å². The van der Waals surface area contributed by atoms with Crippen LogP contribution in [0.1, 0.15) is 12.8 Å². The lowest BCUT2D eigenvalue weighted by Crippen LogP contribution is -2.45. The van der Waals surface area contributed by atoms with Crippen LogP contribution in [0.15, 0.2) is 22.9 Å². The van der Waals surface area contributed by atoms with Crippen LogP contribution < -0.4 is 4.90 Å². The van der Waals surface area contributed by atoms with Gasteiger partial charge in [-0.1, -0.05) is 0 Å². The fraction of sp³-hybridized carbons (Fsp3) is 0.583. The molecule has 0 spiro atoms. The molecule has 0 amide bonds. The minimum atomic E-state index is -0.643. The van der Waals surface area contributed by atoms with Gasteiger partial charge in [-0.05, 0) is 22.0 Å². The van der Waals surface area contributed by atoms with Crippen molar-refractivity contribution in [3.8, 4) is 0 Å². The Kier molecular flexibility index (Phi) is 4.01. The summed E-state index contributed by atoms with van der Waals surface area (Å²) in [6.07, 6.45) is 4.91. The normalized spacial score (nSPS) is 19.0. The fourth-order valence-corrected chi connectivity index (χ4v) is 2.67. The Hall–Kier alpha value is -0.650. The molecular formula is C12H17BrN2O2. The van der Waals surface area contributed by atoms with Crippen LogP contribution >= 0.6 is 15.9 Å². The number of hydrogen-bond acceptors (Lipinski definition) is 4. The summed E-state index contributed by atoms with van der Waals surface area (Å²) in [5.74, 6) is 0. The molecule has 1 aromatic rings. The topological polar surface area (TPSA) is 45.6 Å². The van der Waals surface area contributed by atoms with Crippen molar-refractivity contribution in [2.45, 2.75) is 18.4 Å². The Morgan fingerprint density at radius 3 is 2.88 bits per heavy atom.